The first kappa shape index (κ1) is 14.4. The Bertz CT molecular complexity index is 553. The maximum Gasteiger partial charge on any atom is 0.351 e. The van der Waals surface area contributed by atoms with Gasteiger partial charge in [-0.1, -0.05) is 19.0 Å². The first-order valence-corrected chi connectivity index (χ1v) is 6.40. The van der Waals surface area contributed by atoms with E-state index in [0.29, 0.717) is 6.42 Å². The predicted molar refractivity (Wildman–Crippen MR) is 68.4 cm³/mol. The highest BCUT2D eigenvalue weighted by Crippen LogP contribution is 2.38. The molecule has 2 unspecified atom stereocenters. The molecule has 1 aliphatic heterocycles. The lowest BCUT2D eigenvalue weighted by molar-refractivity contribution is -0.167. The SMILES string of the molecule is CCC1C(c2cc(F)cc(F)c2)=NOC1(CC)C(=O)O. The quantitative estimate of drug-likeness (QED) is 0.924. The van der Waals surface area contributed by atoms with Crippen LogP contribution in [0.2, 0.25) is 0 Å². The molecule has 0 spiro atoms. The largest absolute Gasteiger partial charge is 0.478 e. The van der Waals surface area contributed by atoms with Gasteiger partial charge in [-0.3, -0.25) is 0 Å². The molecule has 0 fully saturated rings. The van der Waals surface area contributed by atoms with Gasteiger partial charge in [0.2, 0.25) is 5.60 Å². The summed E-state index contributed by atoms with van der Waals surface area (Å²) in [5.41, 5.74) is -0.978. The molecule has 6 heteroatoms. The third-order valence-electron chi connectivity index (χ3n) is 3.65. The third-order valence-corrected chi connectivity index (χ3v) is 3.65. The molecule has 2 atom stereocenters. The molecule has 108 valence electrons. The number of benzene rings is 1. The first-order chi connectivity index (χ1) is 9.44. The normalized spacial score (nSPS) is 25.2. The highest BCUT2D eigenvalue weighted by Gasteiger charge is 2.53. The molecule has 1 N–H and O–H groups in total. The highest BCUT2D eigenvalue weighted by atomic mass is 19.1. The zero-order valence-corrected chi connectivity index (χ0v) is 11.2. The van der Waals surface area contributed by atoms with E-state index in [2.05, 4.69) is 5.16 Å². The smallest absolute Gasteiger partial charge is 0.351 e. The molecule has 1 heterocycles. The van der Waals surface area contributed by atoms with Crippen molar-refractivity contribution in [2.45, 2.75) is 32.3 Å². The first-order valence-electron chi connectivity index (χ1n) is 6.40. The molecule has 4 nitrogen and oxygen atoms in total. The lowest BCUT2D eigenvalue weighted by Gasteiger charge is -2.27. The Morgan fingerprint density at radius 2 is 1.95 bits per heavy atom. The molecule has 0 saturated heterocycles. The van der Waals surface area contributed by atoms with Crippen molar-refractivity contribution in [1.82, 2.24) is 0 Å². The molecule has 0 aliphatic carbocycles. The van der Waals surface area contributed by atoms with Crippen LogP contribution in [0.25, 0.3) is 0 Å². The fraction of sp³-hybridized carbons (Fsp3) is 0.429. The van der Waals surface area contributed by atoms with Crippen LogP contribution >= 0.6 is 0 Å². The number of nitrogens with zero attached hydrogens (tertiary/aromatic N) is 1. The second-order valence-electron chi connectivity index (χ2n) is 4.73. The number of carboxylic acid groups (broad SMARTS) is 1. The number of hydrogen-bond donors (Lipinski definition) is 1. The van der Waals surface area contributed by atoms with Gasteiger partial charge in [-0.15, -0.1) is 0 Å². The van der Waals surface area contributed by atoms with E-state index in [1.165, 1.54) is 0 Å². The van der Waals surface area contributed by atoms with Gasteiger partial charge in [0.1, 0.15) is 11.6 Å². The minimum Gasteiger partial charge on any atom is -0.478 e. The Morgan fingerprint density at radius 3 is 2.40 bits per heavy atom. The summed E-state index contributed by atoms with van der Waals surface area (Å²) in [5.74, 6) is -3.14. The number of aliphatic carboxylic acids is 1. The van der Waals surface area contributed by atoms with E-state index in [0.717, 1.165) is 18.2 Å². The van der Waals surface area contributed by atoms with Crippen molar-refractivity contribution in [3.8, 4) is 0 Å². The topological polar surface area (TPSA) is 58.9 Å². The molecule has 2 rings (SSSR count). The molecular formula is C14H15F2NO3. The molecule has 1 aliphatic rings. The minimum absolute atomic E-state index is 0.214. The lowest BCUT2D eigenvalue weighted by Crippen LogP contribution is -2.46. The summed E-state index contributed by atoms with van der Waals surface area (Å²) in [4.78, 5) is 16.6. The summed E-state index contributed by atoms with van der Waals surface area (Å²) in [7, 11) is 0. The second-order valence-corrected chi connectivity index (χ2v) is 4.73. The van der Waals surface area contributed by atoms with Gasteiger partial charge in [0.25, 0.3) is 0 Å². The Morgan fingerprint density at radius 1 is 1.35 bits per heavy atom. The maximum atomic E-state index is 13.3. The van der Waals surface area contributed by atoms with E-state index < -0.39 is 29.1 Å². The summed E-state index contributed by atoms with van der Waals surface area (Å²) in [5, 5.41) is 13.2. The molecule has 0 aromatic heterocycles. The number of carbonyl (C=O) groups is 1. The zero-order chi connectivity index (χ0) is 14.9. The van der Waals surface area contributed by atoms with E-state index in [1.54, 1.807) is 13.8 Å². The van der Waals surface area contributed by atoms with Crippen LogP contribution in [0, 0.1) is 17.6 Å². The molecule has 20 heavy (non-hydrogen) atoms. The molecule has 0 amide bonds. The van der Waals surface area contributed by atoms with Crippen molar-refractivity contribution < 1.29 is 23.5 Å². The van der Waals surface area contributed by atoms with Gasteiger partial charge >= 0.3 is 5.97 Å². The third kappa shape index (κ3) is 2.15. The van der Waals surface area contributed by atoms with E-state index >= 15 is 0 Å². The van der Waals surface area contributed by atoms with Crippen LogP contribution in [-0.4, -0.2) is 22.4 Å². The van der Waals surface area contributed by atoms with Crippen LogP contribution in [-0.2, 0) is 9.63 Å². The summed E-state index contributed by atoms with van der Waals surface area (Å²) < 4.78 is 26.6. The fourth-order valence-corrected chi connectivity index (χ4v) is 2.61. The van der Waals surface area contributed by atoms with Gasteiger partial charge in [-0.05, 0) is 25.0 Å². The summed E-state index contributed by atoms with van der Waals surface area (Å²) in [6, 6.07) is 3.01. The van der Waals surface area contributed by atoms with E-state index in [4.69, 9.17) is 4.84 Å². The van der Waals surface area contributed by atoms with E-state index in [1.807, 2.05) is 0 Å². The average Bonchev–Trinajstić information content (AvgIpc) is 2.77. The van der Waals surface area contributed by atoms with Crippen molar-refractivity contribution in [3.63, 3.8) is 0 Å². The standard InChI is InChI=1S/C14H15F2NO3/c1-3-11-12(8-5-9(15)7-10(16)6-8)17-20-14(11,4-2)13(18)19/h5-7,11H,3-4H2,1-2H3,(H,18,19). The van der Waals surface area contributed by atoms with Crippen molar-refractivity contribution >= 4 is 11.7 Å². The van der Waals surface area contributed by atoms with Crippen molar-refractivity contribution in [2.75, 3.05) is 0 Å². The van der Waals surface area contributed by atoms with Gasteiger partial charge in [-0.25, -0.2) is 13.6 Å². The molecule has 0 saturated carbocycles. The minimum atomic E-state index is -1.47. The number of halogens is 2. The number of rotatable bonds is 4. The molecule has 0 radical (unpaired) electrons. The molecule has 0 bridgehead atoms. The number of oxime groups is 1. The monoisotopic (exact) mass is 283 g/mol. The Hall–Kier alpha value is -1.98. The summed E-state index contributed by atoms with van der Waals surface area (Å²) in [6.45, 7) is 3.47. The highest BCUT2D eigenvalue weighted by molar-refractivity contribution is 6.06. The van der Waals surface area contributed by atoms with Gasteiger partial charge in [-0.2, -0.15) is 0 Å². The summed E-state index contributed by atoms with van der Waals surface area (Å²) in [6.07, 6.45) is 0.655. The van der Waals surface area contributed by atoms with Crippen molar-refractivity contribution in [3.05, 3.63) is 35.4 Å². The van der Waals surface area contributed by atoms with Crippen LogP contribution in [0.15, 0.2) is 23.4 Å². The Balaban J connectivity index is 2.46. The van der Waals surface area contributed by atoms with Gasteiger partial charge in [0.15, 0.2) is 0 Å². The Kier molecular flexibility index (Phi) is 3.74. The van der Waals surface area contributed by atoms with E-state index in [-0.39, 0.29) is 17.7 Å². The van der Waals surface area contributed by atoms with Crippen LogP contribution < -0.4 is 0 Å². The predicted octanol–water partition coefficient (Wildman–Crippen LogP) is 2.96. The van der Waals surface area contributed by atoms with Gasteiger partial charge in [0.05, 0.1) is 11.6 Å². The van der Waals surface area contributed by atoms with E-state index in [9.17, 15) is 18.7 Å². The number of carboxylic acids is 1. The number of hydrogen-bond acceptors (Lipinski definition) is 3. The second kappa shape index (κ2) is 5.19. The van der Waals surface area contributed by atoms with Crippen LogP contribution in [0.4, 0.5) is 8.78 Å². The van der Waals surface area contributed by atoms with Crippen molar-refractivity contribution in [1.29, 1.82) is 0 Å². The Labute approximate surface area is 115 Å². The van der Waals surface area contributed by atoms with Crippen LogP contribution in [0.3, 0.4) is 0 Å². The van der Waals surface area contributed by atoms with Gasteiger partial charge < -0.3 is 9.94 Å². The van der Waals surface area contributed by atoms with Crippen LogP contribution in [0.5, 0.6) is 0 Å². The lowest BCUT2D eigenvalue weighted by atomic mass is 9.78. The summed E-state index contributed by atoms with van der Waals surface area (Å²) >= 11 is 0. The van der Waals surface area contributed by atoms with Crippen molar-refractivity contribution in [2.24, 2.45) is 11.1 Å². The molecular weight excluding hydrogens is 268 g/mol. The van der Waals surface area contributed by atoms with Crippen LogP contribution in [0.1, 0.15) is 32.3 Å². The molecule has 1 aromatic rings. The van der Waals surface area contributed by atoms with Gasteiger partial charge in [0, 0.05) is 11.6 Å². The molecule has 1 aromatic carbocycles. The fourth-order valence-electron chi connectivity index (χ4n) is 2.61. The zero-order valence-electron chi connectivity index (χ0n) is 11.2. The maximum absolute atomic E-state index is 13.3. The average molecular weight is 283 g/mol.